The molecule has 0 bridgehead atoms. The molecule has 1 N–H and O–H groups in total. The lowest BCUT2D eigenvalue weighted by atomic mass is 10.1. The number of carbonyl (C=O) groups is 1. The Balaban J connectivity index is 1.82. The van der Waals surface area contributed by atoms with Gasteiger partial charge >= 0.3 is 0 Å². The Morgan fingerprint density at radius 2 is 1.88 bits per heavy atom. The molecule has 0 saturated carbocycles. The Morgan fingerprint density at radius 1 is 1.20 bits per heavy atom. The smallest absolute Gasteiger partial charge is 0.256 e. The van der Waals surface area contributed by atoms with E-state index in [1.165, 1.54) is 5.56 Å². The van der Waals surface area contributed by atoms with Crippen LogP contribution in [-0.4, -0.2) is 48.0 Å². The van der Waals surface area contributed by atoms with Crippen LogP contribution < -0.4 is 10.1 Å². The number of nitrogens with one attached hydrogen (secondary N) is 1. The molecule has 0 saturated heterocycles. The van der Waals surface area contributed by atoms with E-state index in [1.807, 2.05) is 24.3 Å². The summed E-state index contributed by atoms with van der Waals surface area (Å²) in [5.74, 6) is 1.34. The molecular weight excluding hydrogens is 316 g/mol. The molecule has 1 aromatic carbocycles. The highest BCUT2D eigenvalue weighted by molar-refractivity contribution is 5.93. The second-order valence-corrected chi connectivity index (χ2v) is 5.90. The molecule has 0 spiro atoms. The highest BCUT2D eigenvalue weighted by atomic mass is 16.5. The number of carbonyl (C=O) groups excluding carboxylic acids is 1. The van der Waals surface area contributed by atoms with E-state index in [1.54, 1.807) is 31.5 Å². The minimum atomic E-state index is -0.0433. The third-order valence-electron chi connectivity index (χ3n) is 3.95. The highest BCUT2D eigenvalue weighted by Crippen LogP contribution is 2.12. The summed E-state index contributed by atoms with van der Waals surface area (Å²) in [5.41, 5.74) is 1.72. The Labute approximate surface area is 149 Å². The summed E-state index contributed by atoms with van der Waals surface area (Å²) in [6.07, 6.45) is 6.06. The van der Waals surface area contributed by atoms with Crippen molar-refractivity contribution >= 4 is 11.9 Å². The summed E-state index contributed by atoms with van der Waals surface area (Å²) >= 11 is 0. The number of hydrogen-bond acceptors (Lipinski definition) is 5. The standard InChI is InChI=1S/C19H26N4O2/c1-4-5-12-23(2)18(24)16-13-21-19(22-14-16)20-11-10-15-6-8-17(25-3)9-7-15/h6-9,13-14H,4-5,10-12H2,1-3H3,(H,20,21,22). The van der Waals surface area contributed by atoms with Gasteiger partial charge in [-0.15, -0.1) is 0 Å². The largest absolute Gasteiger partial charge is 0.497 e. The first-order chi connectivity index (χ1) is 12.1. The minimum absolute atomic E-state index is 0.0433. The monoisotopic (exact) mass is 342 g/mol. The van der Waals surface area contributed by atoms with Gasteiger partial charge in [-0.1, -0.05) is 25.5 Å². The van der Waals surface area contributed by atoms with Gasteiger partial charge in [0.1, 0.15) is 5.75 Å². The number of rotatable bonds is 9. The molecule has 0 aliphatic heterocycles. The van der Waals surface area contributed by atoms with Gasteiger partial charge in [-0.05, 0) is 30.5 Å². The van der Waals surface area contributed by atoms with Crippen LogP contribution in [0, 0.1) is 0 Å². The molecule has 2 aromatic rings. The van der Waals surface area contributed by atoms with Crippen LogP contribution in [-0.2, 0) is 6.42 Å². The number of benzene rings is 1. The summed E-state index contributed by atoms with van der Waals surface area (Å²) in [4.78, 5) is 22.4. The van der Waals surface area contributed by atoms with E-state index in [4.69, 9.17) is 4.74 Å². The maximum atomic E-state index is 12.2. The van der Waals surface area contributed by atoms with Crippen molar-refractivity contribution in [1.82, 2.24) is 14.9 Å². The normalized spacial score (nSPS) is 10.4. The van der Waals surface area contributed by atoms with Gasteiger partial charge in [0.15, 0.2) is 0 Å². The van der Waals surface area contributed by atoms with Crippen LogP contribution in [0.25, 0.3) is 0 Å². The van der Waals surface area contributed by atoms with Crippen LogP contribution in [0.4, 0.5) is 5.95 Å². The zero-order chi connectivity index (χ0) is 18.1. The summed E-state index contributed by atoms with van der Waals surface area (Å²) in [6, 6.07) is 7.97. The zero-order valence-corrected chi connectivity index (χ0v) is 15.2. The van der Waals surface area contributed by atoms with Crippen molar-refractivity contribution in [3.63, 3.8) is 0 Å². The third kappa shape index (κ3) is 5.74. The fourth-order valence-electron chi connectivity index (χ4n) is 2.36. The SMILES string of the molecule is CCCCN(C)C(=O)c1cnc(NCCc2ccc(OC)cc2)nc1. The van der Waals surface area contributed by atoms with Crippen LogP contribution >= 0.6 is 0 Å². The summed E-state index contributed by atoms with van der Waals surface area (Å²) in [5, 5.41) is 3.17. The van der Waals surface area contributed by atoms with Crippen LogP contribution in [0.3, 0.4) is 0 Å². The van der Waals surface area contributed by atoms with Crippen LogP contribution in [0.15, 0.2) is 36.7 Å². The van der Waals surface area contributed by atoms with E-state index in [-0.39, 0.29) is 5.91 Å². The molecule has 2 rings (SSSR count). The van der Waals surface area contributed by atoms with E-state index >= 15 is 0 Å². The van der Waals surface area contributed by atoms with E-state index < -0.39 is 0 Å². The number of nitrogens with zero attached hydrogens (tertiary/aromatic N) is 3. The fourth-order valence-corrected chi connectivity index (χ4v) is 2.36. The molecule has 1 heterocycles. The Bertz CT molecular complexity index is 656. The zero-order valence-electron chi connectivity index (χ0n) is 15.2. The van der Waals surface area contributed by atoms with Crippen LogP contribution in [0.1, 0.15) is 35.7 Å². The molecule has 134 valence electrons. The number of ether oxygens (including phenoxy) is 1. The second kappa shape index (κ2) is 9.61. The molecule has 0 atom stereocenters. The summed E-state index contributed by atoms with van der Waals surface area (Å²) in [6.45, 7) is 3.57. The Kier molecular flexibility index (Phi) is 7.19. The number of anilines is 1. The second-order valence-electron chi connectivity index (χ2n) is 5.90. The number of unbranched alkanes of at least 4 members (excludes halogenated alkanes) is 1. The van der Waals surface area contributed by atoms with Gasteiger partial charge in [0.2, 0.25) is 5.95 Å². The average Bonchev–Trinajstić information content (AvgIpc) is 2.66. The summed E-state index contributed by atoms with van der Waals surface area (Å²) in [7, 11) is 3.46. The molecule has 6 nitrogen and oxygen atoms in total. The van der Waals surface area contributed by atoms with Crippen molar-refractivity contribution in [2.45, 2.75) is 26.2 Å². The molecule has 25 heavy (non-hydrogen) atoms. The maximum absolute atomic E-state index is 12.2. The Morgan fingerprint density at radius 3 is 2.48 bits per heavy atom. The highest BCUT2D eigenvalue weighted by Gasteiger charge is 2.12. The number of hydrogen-bond donors (Lipinski definition) is 1. The maximum Gasteiger partial charge on any atom is 0.256 e. The number of amides is 1. The first-order valence-corrected chi connectivity index (χ1v) is 8.58. The van der Waals surface area contributed by atoms with Gasteiger partial charge < -0.3 is 15.0 Å². The molecule has 0 radical (unpaired) electrons. The summed E-state index contributed by atoms with van der Waals surface area (Å²) < 4.78 is 5.15. The van der Waals surface area contributed by atoms with E-state index in [2.05, 4.69) is 22.2 Å². The Hall–Kier alpha value is -2.63. The first-order valence-electron chi connectivity index (χ1n) is 8.58. The van der Waals surface area contributed by atoms with Gasteiger partial charge in [0.05, 0.1) is 12.7 Å². The minimum Gasteiger partial charge on any atom is -0.497 e. The molecule has 1 aromatic heterocycles. The molecule has 0 unspecified atom stereocenters. The molecule has 1 amide bonds. The lowest BCUT2D eigenvalue weighted by molar-refractivity contribution is 0.0792. The van der Waals surface area contributed by atoms with Crippen molar-refractivity contribution in [2.24, 2.45) is 0 Å². The van der Waals surface area contributed by atoms with Gasteiger partial charge in [0, 0.05) is 32.5 Å². The predicted octanol–water partition coefficient (Wildman–Crippen LogP) is 3.01. The third-order valence-corrected chi connectivity index (χ3v) is 3.95. The topological polar surface area (TPSA) is 67.4 Å². The van der Waals surface area contributed by atoms with Crippen molar-refractivity contribution in [2.75, 3.05) is 32.6 Å². The van der Waals surface area contributed by atoms with Crippen molar-refractivity contribution in [3.05, 3.63) is 47.8 Å². The number of aromatic nitrogens is 2. The molecule has 0 aliphatic carbocycles. The average molecular weight is 342 g/mol. The molecule has 0 fully saturated rings. The molecule has 6 heteroatoms. The molecular formula is C19H26N4O2. The van der Waals surface area contributed by atoms with E-state index in [0.29, 0.717) is 11.5 Å². The quantitative estimate of drug-likeness (QED) is 0.759. The van der Waals surface area contributed by atoms with E-state index in [0.717, 1.165) is 38.1 Å². The lowest BCUT2D eigenvalue weighted by Crippen LogP contribution is -2.28. The van der Waals surface area contributed by atoms with Gasteiger partial charge in [0.25, 0.3) is 5.91 Å². The predicted molar refractivity (Wildman–Crippen MR) is 99.1 cm³/mol. The van der Waals surface area contributed by atoms with Gasteiger partial charge in [-0.25, -0.2) is 9.97 Å². The first kappa shape index (κ1) is 18.7. The van der Waals surface area contributed by atoms with Gasteiger partial charge in [-0.3, -0.25) is 4.79 Å². The van der Waals surface area contributed by atoms with E-state index in [9.17, 15) is 4.79 Å². The van der Waals surface area contributed by atoms with Crippen LogP contribution in [0.2, 0.25) is 0 Å². The lowest BCUT2D eigenvalue weighted by Gasteiger charge is -2.16. The van der Waals surface area contributed by atoms with Crippen molar-refractivity contribution < 1.29 is 9.53 Å². The van der Waals surface area contributed by atoms with Gasteiger partial charge in [-0.2, -0.15) is 0 Å². The molecule has 0 aliphatic rings. The van der Waals surface area contributed by atoms with Crippen LogP contribution in [0.5, 0.6) is 5.75 Å². The fraction of sp³-hybridized carbons (Fsp3) is 0.421. The van der Waals surface area contributed by atoms with Crippen molar-refractivity contribution in [3.8, 4) is 5.75 Å². The number of methoxy groups -OCH3 is 1. The van der Waals surface area contributed by atoms with Crippen molar-refractivity contribution in [1.29, 1.82) is 0 Å².